The largest absolute Gasteiger partial charge is 0.345 e. The molecular weight excluding hydrogens is 398 g/mol. The molecule has 1 aromatic heterocycles. The van der Waals surface area contributed by atoms with Crippen LogP contribution in [0.2, 0.25) is 0 Å². The van der Waals surface area contributed by atoms with E-state index in [1.165, 1.54) is 11.1 Å². The second kappa shape index (κ2) is 8.58. The smallest absolute Gasteiger partial charge is 0.253 e. The van der Waals surface area contributed by atoms with Crippen molar-refractivity contribution >= 4 is 18.2 Å². The van der Waals surface area contributed by atoms with Crippen LogP contribution in [-0.4, -0.2) is 36.1 Å². The number of nitrogens with one attached hydrogen (secondary N) is 1. The number of benzene rings is 1. The molecule has 0 fully saturated rings. The molecule has 164 valence electrons. The first-order valence-electron chi connectivity index (χ1n) is 10.9. The first-order valence-corrected chi connectivity index (χ1v) is 10.9. The number of nitrogens with zero attached hydrogens (tertiary/aromatic N) is 2. The predicted molar refractivity (Wildman–Crippen MR) is 130 cm³/mol. The standard InChI is InChI=1S/C27H29N3O2/c1-5-22-21-14-18(2)17-27(22,23-11-12-25(31)29-24(23)16-21)28-13-7-9-19-8-6-10-20(15-19)26(32)30(3)4/h5-15,21H,16-17H2,1-4H3,(H,29,31). The molecule has 0 saturated heterocycles. The summed E-state index contributed by atoms with van der Waals surface area (Å²) in [5.41, 5.74) is 5.69. The summed E-state index contributed by atoms with van der Waals surface area (Å²) in [6.07, 6.45) is 11.8. The molecule has 1 amide bonds. The Morgan fingerprint density at radius 1 is 1.25 bits per heavy atom. The van der Waals surface area contributed by atoms with Crippen LogP contribution in [-0.2, 0) is 12.0 Å². The number of carbonyl (C=O) groups is 1. The van der Waals surface area contributed by atoms with Crippen LogP contribution in [0.3, 0.4) is 0 Å². The Morgan fingerprint density at radius 3 is 2.81 bits per heavy atom. The number of rotatable bonds is 4. The van der Waals surface area contributed by atoms with Crippen LogP contribution in [0.15, 0.2) is 75.6 Å². The maximum absolute atomic E-state index is 12.2. The zero-order valence-electron chi connectivity index (χ0n) is 19.1. The van der Waals surface area contributed by atoms with E-state index in [4.69, 9.17) is 4.99 Å². The number of pyridine rings is 1. The SMILES string of the molecule is CC=C1C2C=C(C)CC1(N=CC=Cc1cccc(C(=O)N(C)C)c1)c1ccc(=O)[nH]c1C2. The van der Waals surface area contributed by atoms with E-state index in [-0.39, 0.29) is 17.4 Å². The number of H-pyrrole nitrogens is 1. The summed E-state index contributed by atoms with van der Waals surface area (Å²) in [5.74, 6) is 0.225. The molecule has 5 heteroatoms. The molecule has 4 rings (SSSR count). The molecule has 2 atom stereocenters. The average molecular weight is 428 g/mol. The van der Waals surface area contributed by atoms with Crippen molar-refractivity contribution in [2.75, 3.05) is 14.1 Å². The highest BCUT2D eigenvalue weighted by atomic mass is 16.2. The second-order valence-electron chi connectivity index (χ2n) is 8.78. The van der Waals surface area contributed by atoms with Crippen molar-refractivity contribution in [3.63, 3.8) is 0 Å². The van der Waals surface area contributed by atoms with Gasteiger partial charge in [-0.25, -0.2) is 0 Å². The van der Waals surface area contributed by atoms with Gasteiger partial charge >= 0.3 is 0 Å². The van der Waals surface area contributed by atoms with E-state index in [2.05, 4.69) is 31.0 Å². The first kappa shape index (κ1) is 21.8. The highest BCUT2D eigenvalue weighted by Crippen LogP contribution is 2.51. The summed E-state index contributed by atoms with van der Waals surface area (Å²) in [7, 11) is 3.50. The van der Waals surface area contributed by atoms with E-state index >= 15 is 0 Å². The summed E-state index contributed by atoms with van der Waals surface area (Å²) >= 11 is 0. The topological polar surface area (TPSA) is 65.5 Å². The average Bonchev–Trinajstić information content (AvgIpc) is 2.75. The highest BCUT2D eigenvalue weighted by Gasteiger charge is 2.46. The zero-order chi connectivity index (χ0) is 22.9. The van der Waals surface area contributed by atoms with Crippen LogP contribution in [0, 0.1) is 5.92 Å². The summed E-state index contributed by atoms with van der Waals surface area (Å²) in [6.45, 7) is 4.23. The Balaban J connectivity index is 1.69. The van der Waals surface area contributed by atoms with Crippen LogP contribution in [0.4, 0.5) is 0 Å². The van der Waals surface area contributed by atoms with E-state index in [0.29, 0.717) is 5.56 Å². The minimum atomic E-state index is -0.497. The van der Waals surface area contributed by atoms with Crippen molar-refractivity contribution in [2.24, 2.45) is 10.9 Å². The molecule has 0 aliphatic heterocycles. The lowest BCUT2D eigenvalue weighted by molar-refractivity contribution is 0.0827. The van der Waals surface area contributed by atoms with Gasteiger partial charge in [0.2, 0.25) is 5.56 Å². The molecule has 5 nitrogen and oxygen atoms in total. The third-order valence-electron chi connectivity index (χ3n) is 6.29. The van der Waals surface area contributed by atoms with Crippen molar-refractivity contribution in [2.45, 2.75) is 32.2 Å². The highest BCUT2D eigenvalue weighted by molar-refractivity contribution is 5.94. The molecule has 1 aromatic carbocycles. The molecule has 0 radical (unpaired) electrons. The number of hydrogen-bond acceptors (Lipinski definition) is 3. The fraction of sp³-hybridized carbons (Fsp3) is 0.296. The van der Waals surface area contributed by atoms with Crippen LogP contribution in [0.25, 0.3) is 6.08 Å². The summed E-state index contributed by atoms with van der Waals surface area (Å²) in [4.78, 5) is 33.9. The maximum atomic E-state index is 12.2. The van der Waals surface area contributed by atoms with E-state index in [9.17, 15) is 9.59 Å². The van der Waals surface area contributed by atoms with E-state index < -0.39 is 5.54 Å². The molecule has 2 aliphatic rings. The summed E-state index contributed by atoms with van der Waals surface area (Å²) in [5, 5.41) is 0. The van der Waals surface area contributed by atoms with Gasteiger partial charge in [-0.3, -0.25) is 14.6 Å². The van der Waals surface area contributed by atoms with Gasteiger partial charge in [0, 0.05) is 55.5 Å². The van der Waals surface area contributed by atoms with Gasteiger partial charge in [0.05, 0.1) is 0 Å². The zero-order valence-corrected chi connectivity index (χ0v) is 19.1. The monoisotopic (exact) mass is 427 g/mol. The van der Waals surface area contributed by atoms with Gasteiger partial charge in [-0.05, 0) is 55.7 Å². The van der Waals surface area contributed by atoms with Crippen molar-refractivity contribution < 1.29 is 4.79 Å². The molecular formula is C27H29N3O2. The number of allylic oxidation sites excluding steroid dienone is 3. The molecule has 1 heterocycles. The van der Waals surface area contributed by atoms with Crippen molar-refractivity contribution in [3.05, 3.63) is 98.5 Å². The van der Waals surface area contributed by atoms with Crippen LogP contribution in [0.5, 0.6) is 0 Å². The third-order valence-corrected chi connectivity index (χ3v) is 6.29. The fourth-order valence-corrected chi connectivity index (χ4v) is 5.01. The number of carbonyl (C=O) groups excluding carboxylic acids is 1. The van der Waals surface area contributed by atoms with Gasteiger partial charge in [-0.15, -0.1) is 0 Å². The quantitative estimate of drug-likeness (QED) is 0.576. The number of aliphatic imine (C=N–C) groups is 1. The Labute approximate surface area is 188 Å². The van der Waals surface area contributed by atoms with E-state index in [1.807, 2.05) is 48.7 Å². The minimum absolute atomic E-state index is 0.0196. The molecule has 2 aliphatic carbocycles. The molecule has 0 saturated carbocycles. The third kappa shape index (κ3) is 3.91. The lowest BCUT2D eigenvalue weighted by Crippen LogP contribution is -2.40. The van der Waals surface area contributed by atoms with Crippen molar-refractivity contribution in [1.82, 2.24) is 9.88 Å². The summed E-state index contributed by atoms with van der Waals surface area (Å²) < 4.78 is 0. The van der Waals surface area contributed by atoms with E-state index in [1.54, 1.807) is 25.1 Å². The Bertz CT molecular complexity index is 1230. The first-order chi connectivity index (χ1) is 15.3. The van der Waals surface area contributed by atoms with Gasteiger partial charge in [-0.1, -0.05) is 35.9 Å². The van der Waals surface area contributed by atoms with Crippen molar-refractivity contribution in [3.8, 4) is 0 Å². The normalized spacial score (nSPS) is 23.4. The predicted octanol–water partition coefficient (Wildman–Crippen LogP) is 4.52. The molecule has 2 bridgehead atoms. The van der Waals surface area contributed by atoms with Crippen LogP contribution >= 0.6 is 0 Å². The van der Waals surface area contributed by atoms with Gasteiger partial charge in [-0.2, -0.15) is 0 Å². The van der Waals surface area contributed by atoms with Gasteiger partial charge in [0.25, 0.3) is 5.91 Å². The Kier molecular flexibility index (Phi) is 5.83. The summed E-state index contributed by atoms with van der Waals surface area (Å²) in [6, 6.07) is 11.1. The van der Waals surface area contributed by atoms with Gasteiger partial charge < -0.3 is 9.88 Å². The molecule has 2 unspecified atom stereocenters. The molecule has 32 heavy (non-hydrogen) atoms. The van der Waals surface area contributed by atoms with Crippen molar-refractivity contribution in [1.29, 1.82) is 0 Å². The van der Waals surface area contributed by atoms with Crippen LogP contribution < -0.4 is 5.56 Å². The number of hydrogen-bond donors (Lipinski definition) is 1. The number of amides is 1. The second-order valence-corrected chi connectivity index (χ2v) is 8.78. The fourth-order valence-electron chi connectivity index (χ4n) is 5.01. The molecule has 2 aromatic rings. The Hall–Kier alpha value is -3.47. The maximum Gasteiger partial charge on any atom is 0.253 e. The lowest BCUT2D eigenvalue weighted by Gasteiger charge is -2.45. The Morgan fingerprint density at radius 2 is 2.06 bits per heavy atom. The van der Waals surface area contributed by atoms with E-state index in [0.717, 1.165) is 29.7 Å². The molecule has 0 spiro atoms. The lowest BCUT2D eigenvalue weighted by atomic mass is 9.63. The molecule has 1 N–H and O–H groups in total. The minimum Gasteiger partial charge on any atom is -0.345 e. The number of fused-ring (bicyclic) bond motifs is 4. The number of aromatic amines is 1. The van der Waals surface area contributed by atoms with Crippen LogP contribution in [0.1, 0.15) is 47.4 Å². The van der Waals surface area contributed by atoms with Gasteiger partial charge in [0.1, 0.15) is 5.54 Å². The number of aromatic nitrogens is 1. The van der Waals surface area contributed by atoms with Gasteiger partial charge in [0.15, 0.2) is 0 Å².